The molecule has 1 aliphatic heterocycles. The van der Waals surface area contributed by atoms with Gasteiger partial charge in [-0.15, -0.1) is 0 Å². The molecule has 0 aliphatic carbocycles. The molecule has 1 N–H and O–H groups in total. The number of hydrogen-bond acceptors (Lipinski definition) is 3. The molecule has 2 aromatic rings. The normalized spacial score (nSPS) is 14.7. The lowest BCUT2D eigenvalue weighted by Crippen LogP contribution is -2.40. The van der Waals surface area contributed by atoms with E-state index in [0.717, 1.165) is 30.0 Å². The van der Waals surface area contributed by atoms with E-state index in [9.17, 15) is 9.59 Å². The summed E-state index contributed by atoms with van der Waals surface area (Å²) in [7, 11) is 0. The van der Waals surface area contributed by atoms with Gasteiger partial charge in [-0.2, -0.15) is 0 Å². The van der Waals surface area contributed by atoms with Crippen LogP contribution in [0.15, 0.2) is 60.7 Å². The van der Waals surface area contributed by atoms with Crippen molar-refractivity contribution < 1.29 is 9.59 Å². The van der Waals surface area contributed by atoms with Crippen molar-refractivity contribution >= 4 is 29.3 Å². The Bertz CT molecular complexity index is 850. The van der Waals surface area contributed by atoms with Gasteiger partial charge in [0, 0.05) is 49.5 Å². The number of piperidine rings is 1. The third-order valence-corrected chi connectivity index (χ3v) is 5.66. The van der Waals surface area contributed by atoms with Crippen LogP contribution < -0.4 is 10.2 Å². The van der Waals surface area contributed by atoms with Crippen molar-refractivity contribution in [2.24, 2.45) is 5.92 Å². The van der Waals surface area contributed by atoms with Crippen molar-refractivity contribution in [2.75, 3.05) is 36.4 Å². The zero-order valence-electron chi connectivity index (χ0n) is 17.9. The maximum Gasteiger partial charge on any atom is 0.246 e. The molecule has 5 heteroatoms. The molecular weight excluding hydrogens is 374 g/mol. The van der Waals surface area contributed by atoms with Crippen LogP contribution in [0.3, 0.4) is 0 Å². The topological polar surface area (TPSA) is 52.7 Å². The molecule has 30 heavy (non-hydrogen) atoms. The average Bonchev–Trinajstić information content (AvgIpc) is 2.80. The molecule has 0 saturated carbocycles. The van der Waals surface area contributed by atoms with Gasteiger partial charge in [-0.1, -0.05) is 30.3 Å². The molecule has 0 radical (unpaired) electrons. The molecule has 1 fully saturated rings. The number of anilines is 2. The van der Waals surface area contributed by atoms with Crippen LogP contribution in [0.2, 0.25) is 0 Å². The quantitative estimate of drug-likeness (QED) is 0.694. The lowest BCUT2D eigenvalue weighted by atomic mass is 9.95. The summed E-state index contributed by atoms with van der Waals surface area (Å²) in [5.41, 5.74) is 2.99. The van der Waals surface area contributed by atoms with Gasteiger partial charge < -0.3 is 15.1 Å². The fourth-order valence-electron chi connectivity index (χ4n) is 3.79. The number of amides is 2. The molecule has 0 spiro atoms. The second-order valence-corrected chi connectivity index (χ2v) is 7.55. The Morgan fingerprint density at radius 2 is 1.63 bits per heavy atom. The monoisotopic (exact) mass is 405 g/mol. The molecule has 0 bridgehead atoms. The highest BCUT2D eigenvalue weighted by molar-refractivity contribution is 5.94. The Kier molecular flexibility index (Phi) is 7.66. The predicted octanol–water partition coefficient (Wildman–Crippen LogP) is 4.42. The summed E-state index contributed by atoms with van der Waals surface area (Å²) in [5.74, 6) is -0.0168. The highest BCUT2D eigenvalue weighted by Crippen LogP contribution is 2.22. The van der Waals surface area contributed by atoms with Crippen LogP contribution in [0, 0.1) is 5.92 Å². The standard InChI is InChI=1S/C25H31N3O2/c1-3-27(4-2)23-13-11-22(12-14-23)26-25(30)21-16-18-28(19-17-21)24(29)15-10-20-8-6-5-7-9-20/h5-15,21H,3-4,16-19H2,1-2H3,(H,26,30)/b15-10+. The number of carbonyl (C=O) groups excluding carboxylic acids is 2. The van der Waals surface area contributed by atoms with Crippen molar-refractivity contribution in [3.05, 3.63) is 66.2 Å². The van der Waals surface area contributed by atoms with Crippen LogP contribution in [0.4, 0.5) is 11.4 Å². The molecule has 2 amide bonds. The van der Waals surface area contributed by atoms with Gasteiger partial charge in [-0.3, -0.25) is 9.59 Å². The first-order valence-corrected chi connectivity index (χ1v) is 10.8. The average molecular weight is 406 g/mol. The molecule has 1 saturated heterocycles. The second kappa shape index (κ2) is 10.6. The molecule has 5 nitrogen and oxygen atoms in total. The minimum Gasteiger partial charge on any atom is -0.372 e. The number of benzene rings is 2. The van der Waals surface area contributed by atoms with Gasteiger partial charge in [-0.05, 0) is 62.6 Å². The van der Waals surface area contributed by atoms with Gasteiger partial charge >= 0.3 is 0 Å². The van der Waals surface area contributed by atoms with Crippen LogP contribution in [0.5, 0.6) is 0 Å². The number of likely N-dealkylation sites (tertiary alicyclic amines) is 1. The Morgan fingerprint density at radius 3 is 2.23 bits per heavy atom. The lowest BCUT2D eigenvalue weighted by molar-refractivity contribution is -0.130. The first-order valence-electron chi connectivity index (χ1n) is 10.8. The molecule has 1 heterocycles. The van der Waals surface area contributed by atoms with Gasteiger partial charge in [0.05, 0.1) is 0 Å². The number of rotatable bonds is 7. The Morgan fingerprint density at radius 1 is 1.00 bits per heavy atom. The Hall–Kier alpha value is -3.08. The van der Waals surface area contributed by atoms with Gasteiger partial charge in [0.2, 0.25) is 11.8 Å². The summed E-state index contributed by atoms with van der Waals surface area (Å²) in [5, 5.41) is 3.03. The van der Waals surface area contributed by atoms with Gasteiger partial charge in [0.1, 0.15) is 0 Å². The Balaban J connectivity index is 1.48. The maximum absolute atomic E-state index is 12.6. The number of carbonyl (C=O) groups is 2. The number of nitrogens with one attached hydrogen (secondary N) is 1. The number of nitrogens with zero attached hydrogens (tertiary/aromatic N) is 2. The van der Waals surface area contributed by atoms with Crippen LogP contribution in [-0.2, 0) is 9.59 Å². The van der Waals surface area contributed by atoms with Crippen LogP contribution in [-0.4, -0.2) is 42.9 Å². The summed E-state index contributed by atoms with van der Waals surface area (Å²) < 4.78 is 0. The van der Waals surface area contributed by atoms with Crippen LogP contribution in [0.25, 0.3) is 6.08 Å². The summed E-state index contributed by atoms with van der Waals surface area (Å²) in [4.78, 5) is 29.1. The van der Waals surface area contributed by atoms with Gasteiger partial charge in [-0.25, -0.2) is 0 Å². The Labute approximate surface area is 179 Å². The highest BCUT2D eigenvalue weighted by Gasteiger charge is 2.26. The largest absolute Gasteiger partial charge is 0.372 e. The summed E-state index contributed by atoms with van der Waals surface area (Å²) in [6.07, 6.45) is 4.83. The summed E-state index contributed by atoms with van der Waals surface area (Å²) >= 11 is 0. The molecule has 2 aromatic carbocycles. The van der Waals surface area contributed by atoms with E-state index in [1.165, 1.54) is 0 Å². The summed E-state index contributed by atoms with van der Waals surface area (Å²) in [6, 6.07) is 17.8. The van der Waals surface area contributed by atoms with E-state index >= 15 is 0 Å². The van der Waals surface area contributed by atoms with E-state index in [1.54, 1.807) is 6.08 Å². The van der Waals surface area contributed by atoms with E-state index in [2.05, 4.69) is 24.1 Å². The highest BCUT2D eigenvalue weighted by atomic mass is 16.2. The molecule has 3 rings (SSSR count). The van der Waals surface area contributed by atoms with Crippen molar-refractivity contribution in [3.63, 3.8) is 0 Å². The van der Waals surface area contributed by atoms with E-state index in [-0.39, 0.29) is 17.7 Å². The third-order valence-electron chi connectivity index (χ3n) is 5.66. The van der Waals surface area contributed by atoms with Gasteiger partial charge in [0.25, 0.3) is 0 Å². The van der Waals surface area contributed by atoms with Crippen LogP contribution >= 0.6 is 0 Å². The van der Waals surface area contributed by atoms with E-state index in [4.69, 9.17) is 0 Å². The fourth-order valence-corrected chi connectivity index (χ4v) is 3.79. The first kappa shape index (κ1) is 21.6. The number of hydrogen-bond donors (Lipinski definition) is 1. The molecular formula is C25H31N3O2. The van der Waals surface area contributed by atoms with Crippen molar-refractivity contribution in [3.8, 4) is 0 Å². The molecule has 0 unspecified atom stereocenters. The smallest absolute Gasteiger partial charge is 0.246 e. The molecule has 0 atom stereocenters. The van der Waals surface area contributed by atoms with E-state index < -0.39 is 0 Å². The molecule has 0 aromatic heterocycles. The third kappa shape index (κ3) is 5.72. The van der Waals surface area contributed by atoms with E-state index in [1.807, 2.05) is 65.6 Å². The minimum absolute atomic E-state index is 0.00435. The van der Waals surface area contributed by atoms with Crippen molar-refractivity contribution in [1.82, 2.24) is 4.90 Å². The van der Waals surface area contributed by atoms with Crippen LogP contribution in [0.1, 0.15) is 32.3 Å². The zero-order valence-corrected chi connectivity index (χ0v) is 17.9. The molecule has 158 valence electrons. The minimum atomic E-state index is -0.0605. The van der Waals surface area contributed by atoms with Crippen molar-refractivity contribution in [1.29, 1.82) is 0 Å². The van der Waals surface area contributed by atoms with Crippen molar-refractivity contribution in [2.45, 2.75) is 26.7 Å². The summed E-state index contributed by atoms with van der Waals surface area (Å²) in [6.45, 7) is 7.40. The first-order chi connectivity index (χ1) is 14.6. The SMILES string of the molecule is CCN(CC)c1ccc(NC(=O)C2CCN(C(=O)/C=C/c3ccccc3)CC2)cc1. The second-order valence-electron chi connectivity index (χ2n) is 7.55. The van der Waals surface area contributed by atoms with E-state index in [0.29, 0.717) is 25.9 Å². The fraction of sp³-hybridized carbons (Fsp3) is 0.360. The molecule has 1 aliphatic rings. The maximum atomic E-state index is 12.6. The predicted molar refractivity (Wildman–Crippen MR) is 123 cm³/mol. The lowest BCUT2D eigenvalue weighted by Gasteiger charge is -2.30. The van der Waals surface area contributed by atoms with Gasteiger partial charge in [0.15, 0.2) is 0 Å². The zero-order chi connectivity index (χ0) is 21.3.